The Balaban J connectivity index is 0.00000285. The average molecular weight is 1140 g/mol. The van der Waals surface area contributed by atoms with Crippen LogP contribution in [-0.2, 0) is 36.9 Å². The molecule has 15 heteroatoms. The highest BCUT2D eigenvalue weighted by Crippen LogP contribution is 2.44. The fourth-order valence-corrected chi connectivity index (χ4v) is 12.4. The van der Waals surface area contributed by atoms with Crippen LogP contribution in [0.25, 0.3) is 16.0 Å². The molecule has 2 unspecified atom stereocenters. The number of aliphatic hydroxyl groups excluding tert-OH is 1. The molecule has 3 aromatic rings. The Labute approximate surface area is 491 Å². The van der Waals surface area contributed by atoms with Crippen LogP contribution in [0.4, 0.5) is 14.5 Å². The lowest BCUT2D eigenvalue weighted by Gasteiger charge is -2.41. The SMILES string of the molecule is C=C/C(=C\CCC(=O)NCCCC(=O)N[C@H](C(=O)C1CCC[C@H]1C(=C)NCc1ccc(-c2scnc2C)cc1)C(C)(C)C)c1cc2c(cc1C(F)F)N(C(=C)C1=C(N(C)C3CCOCC3)CCC(C(C)=O)C1)CCC2.CC.CC.CO.[HH].[HH]. The van der Waals surface area contributed by atoms with Crippen molar-refractivity contribution in [1.29, 1.82) is 0 Å². The molecule has 4 aliphatic rings. The van der Waals surface area contributed by atoms with E-state index in [2.05, 4.69) is 81.8 Å². The summed E-state index contributed by atoms with van der Waals surface area (Å²) in [6.45, 7) is 33.4. The molecule has 2 aliphatic heterocycles. The van der Waals surface area contributed by atoms with Gasteiger partial charge < -0.3 is 35.6 Å². The third-order valence-electron chi connectivity index (χ3n) is 16.0. The van der Waals surface area contributed by atoms with E-state index in [1.54, 1.807) is 36.5 Å². The van der Waals surface area contributed by atoms with Crippen LogP contribution in [0.3, 0.4) is 0 Å². The van der Waals surface area contributed by atoms with Crippen LogP contribution in [0.1, 0.15) is 176 Å². The highest BCUT2D eigenvalue weighted by Gasteiger charge is 2.42. The van der Waals surface area contributed by atoms with Crippen LogP contribution in [0.15, 0.2) is 96.5 Å². The zero-order valence-corrected chi connectivity index (χ0v) is 51.5. The summed E-state index contributed by atoms with van der Waals surface area (Å²) >= 11 is 1.63. The third-order valence-corrected chi connectivity index (χ3v) is 17.0. The van der Waals surface area contributed by atoms with E-state index in [1.165, 1.54) is 5.70 Å². The Hall–Kier alpha value is -5.77. The number of anilines is 1. The number of ketones is 2. The predicted octanol–water partition coefficient (Wildman–Crippen LogP) is 14.3. The topological polar surface area (TPSA) is 153 Å². The molecule has 0 spiro atoms. The Morgan fingerprint density at radius 2 is 1.62 bits per heavy atom. The van der Waals surface area contributed by atoms with Gasteiger partial charge in [0, 0.05) is 115 Å². The number of alkyl halides is 2. The lowest BCUT2D eigenvalue weighted by molar-refractivity contribution is -0.133. The van der Waals surface area contributed by atoms with Gasteiger partial charge in [0.05, 0.1) is 22.1 Å². The van der Waals surface area contributed by atoms with E-state index in [4.69, 9.17) is 9.84 Å². The number of benzene rings is 2. The van der Waals surface area contributed by atoms with E-state index in [0.29, 0.717) is 74.9 Å². The number of hydrogen-bond acceptors (Lipinski definition) is 11. The molecule has 450 valence electrons. The van der Waals surface area contributed by atoms with Crippen molar-refractivity contribution in [1.82, 2.24) is 25.8 Å². The largest absolute Gasteiger partial charge is 0.400 e. The quantitative estimate of drug-likeness (QED) is 0.0533. The van der Waals surface area contributed by atoms with E-state index < -0.39 is 17.9 Å². The number of aliphatic hydroxyl groups is 1. The molecule has 1 saturated carbocycles. The van der Waals surface area contributed by atoms with Gasteiger partial charge in [0.1, 0.15) is 5.78 Å². The zero-order valence-electron chi connectivity index (χ0n) is 50.7. The molecule has 2 fully saturated rings. The first-order valence-corrected chi connectivity index (χ1v) is 30.5. The van der Waals surface area contributed by atoms with Gasteiger partial charge in [-0.05, 0) is 135 Å². The van der Waals surface area contributed by atoms with Crippen molar-refractivity contribution in [3.05, 3.63) is 124 Å². The van der Waals surface area contributed by atoms with Gasteiger partial charge in [-0.1, -0.05) is 111 Å². The number of nitrogens with zero attached hydrogens (tertiary/aromatic N) is 3. The summed E-state index contributed by atoms with van der Waals surface area (Å²) in [7, 11) is 3.12. The molecule has 3 heterocycles. The van der Waals surface area contributed by atoms with E-state index in [1.807, 2.05) is 67.0 Å². The monoisotopic (exact) mass is 1140 g/mol. The number of aromatic nitrogens is 1. The fraction of sp³-hybridized carbons (Fsp3) is 0.561. The van der Waals surface area contributed by atoms with Crippen molar-refractivity contribution in [3.8, 4) is 10.4 Å². The number of allylic oxidation sites excluding steroid dienone is 6. The van der Waals surface area contributed by atoms with Crippen molar-refractivity contribution >= 4 is 46.0 Å². The maximum atomic E-state index is 15.1. The molecule has 2 aromatic carbocycles. The number of hydrogen-bond donors (Lipinski definition) is 4. The van der Waals surface area contributed by atoms with Crippen molar-refractivity contribution in [2.24, 2.45) is 23.2 Å². The number of thiazole rings is 1. The molecule has 4 N–H and O–H groups in total. The van der Waals surface area contributed by atoms with Crippen LogP contribution in [0.5, 0.6) is 0 Å². The lowest BCUT2D eigenvalue weighted by Crippen LogP contribution is -2.52. The van der Waals surface area contributed by atoms with Crippen LogP contribution in [-0.4, -0.2) is 90.9 Å². The van der Waals surface area contributed by atoms with Crippen molar-refractivity contribution in [2.75, 3.05) is 45.4 Å². The summed E-state index contributed by atoms with van der Waals surface area (Å²) in [5.74, 6) is -0.704. The van der Waals surface area contributed by atoms with Crippen LogP contribution < -0.4 is 20.9 Å². The van der Waals surface area contributed by atoms with Crippen LogP contribution in [0, 0.1) is 30.1 Å². The van der Waals surface area contributed by atoms with Crippen molar-refractivity contribution in [3.63, 3.8) is 0 Å². The number of Topliss-reactive ketones (excluding diaryl/α,β-unsaturated/α-hetero) is 2. The standard InChI is InChI=1S/C61H80F2N6O5S.2C2H6.CH4O.2H2/c1-10-43(51-34-46-16-14-30-69(54(46)35-52(51)60(62)63)40(4)50-33-45(41(5)70)25-26-53(50)68(9)47-27-31-74-32-28-47)15-11-19-55(71)64-29-13-20-56(72)67-59(61(6,7)8)57(73)49-18-12-17-48(49)38(2)65-36-42-21-23-44(24-22-42)58-39(3)66-37-75-58;3*1-2;;/h10,15,21-24,34-35,37,45,47-49,59-60,65H,1-2,4,11-14,16-20,25-33,36H2,3,5-9H3,(H,64,71)(H,67,72);2*1-2H3;2H,1H3;2*1H/b43-15+;;;;;/t45?,48-,49?,59+;;;;;/m0...../s1. The Morgan fingerprint density at radius 1 is 0.938 bits per heavy atom. The molecule has 2 aliphatic carbocycles. The van der Waals surface area contributed by atoms with E-state index in [-0.39, 0.29) is 68.9 Å². The minimum atomic E-state index is -2.77. The van der Waals surface area contributed by atoms with Gasteiger partial charge >= 0.3 is 0 Å². The molecule has 4 atom stereocenters. The van der Waals surface area contributed by atoms with Gasteiger partial charge in [0.25, 0.3) is 6.43 Å². The maximum absolute atomic E-state index is 15.1. The summed E-state index contributed by atoms with van der Waals surface area (Å²) in [6, 6.07) is 11.5. The number of ether oxygens (including phenoxy) is 1. The Kier molecular flexibility index (Phi) is 27.9. The van der Waals surface area contributed by atoms with E-state index in [0.717, 1.165) is 103 Å². The highest BCUT2D eigenvalue weighted by atomic mass is 32.1. The average Bonchev–Trinajstić information content (AvgIpc) is 4.29. The van der Waals surface area contributed by atoms with Gasteiger partial charge in [-0.2, -0.15) is 0 Å². The molecule has 81 heavy (non-hydrogen) atoms. The number of halogens is 2. The number of carbonyl (C=O) groups is 4. The van der Waals surface area contributed by atoms with E-state index >= 15 is 8.78 Å². The Morgan fingerprint density at radius 3 is 2.23 bits per heavy atom. The number of rotatable bonds is 23. The minimum absolute atomic E-state index is 0. The molecule has 7 rings (SSSR count). The first-order valence-electron chi connectivity index (χ1n) is 29.6. The second-order valence-corrected chi connectivity index (χ2v) is 23.0. The first-order chi connectivity index (χ1) is 38.9. The Bertz CT molecular complexity index is 2660. The van der Waals surface area contributed by atoms with Gasteiger partial charge in [0.15, 0.2) is 5.78 Å². The molecule has 0 bridgehead atoms. The summed E-state index contributed by atoms with van der Waals surface area (Å²) < 4.78 is 35.8. The summed E-state index contributed by atoms with van der Waals surface area (Å²) in [6.07, 6.45) is 9.46. The fourth-order valence-electron chi connectivity index (χ4n) is 11.6. The normalized spacial score (nSPS) is 18.6. The smallest absolute Gasteiger partial charge is 0.264 e. The number of aryl methyl sites for hydroxylation is 2. The molecule has 2 amide bonds. The third kappa shape index (κ3) is 18.4. The maximum Gasteiger partial charge on any atom is 0.264 e. The first kappa shape index (κ1) is 67.7. The second-order valence-electron chi connectivity index (χ2n) is 22.1. The van der Waals surface area contributed by atoms with Crippen molar-refractivity contribution in [2.45, 2.75) is 177 Å². The molecule has 1 aromatic heterocycles. The predicted molar refractivity (Wildman–Crippen MR) is 333 cm³/mol. The summed E-state index contributed by atoms with van der Waals surface area (Å²) in [5.41, 5.74) is 10.9. The second kappa shape index (κ2) is 33.4. The van der Waals surface area contributed by atoms with Gasteiger partial charge in [-0.3, -0.25) is 19.2 Å². The van der Waals surface area contributed by atoms with Crippen LogP contribution in [0.2, 0.25) is 0 Å². The molecular weight excluding hydrogens is 1040 g/mol. The highest BCUT2D eigenvalue weighted by molar-refractivity contribution is 7.13. The molecule has 12 nitrogen and oxygen atoms in total. The summed E-state index contributed by atoms with van der Waals surface area (Å²) in [4.78, 5) is 63.4. The van der Waals surface area contributed by atoms with Gasteiger partial charge in [-0.15, -0.1) is 11.3 Å². The number of fused-ring (bicyclic) bond motifs is 1. The number of carbonyl (C=O) groups excluding carboxylic acids is 4. The number of nitrogens with one attached hydrogen (secondary N) is 3. The molecule has 1 saturated heterocycles. The van der Waals surface area contributed by atoms with Crippen molar-refractivity contribution < 1.29 is 40.7 Å². The number of amides is 2. The van der Waals surface area contributed by atoms with Gasteiger partial charge in [-0.25, -0.2) is 13.8 Å². The minimum Gasteiger partial charge on any atom is -0.400 e. The molecule has 0 radical (unpaired) electrons. The van der Waals surface area contributed by atoms with Gasteiger partial charge in [0.2, 0.25) is 11.8 Å². The van der Waals surface area contributed by atoms with Crippen LogP contribution >= 0.6 is 11.3 Å². The van der Waals surface area contributed by atoms with E-state index in [9.17, 15) is 19.2 Å². The zero-order chi connectivity index (χ0) is 60.0. The lowest BCUT2D eigenvalue weighted by atomic mass is 9.77. The molecular formula is C66H100F2N6O6S. The summed E-state index contributed by atoms with van der Waals surface area (Å²) in [5, 5.41) is 16.4.